The Morgan fingerprint density at radius 3 is 1.53 bits per heavy atom. The van der Waals surface area contributed by atoms with Crippen LogP contribution in [-0.2, 0) is 0 Å². The van der Waals surface area contributed by atoms with Gasteiger partial charge in [0.15, 0.2) is 0 Å². The van der Waals surface area contributed by atoms with Crippen LogP contribution < -0.4 is 0 Å². The SMILES string of the molecule is c1ccc(-c2c3ccccc3c(-c3ccc4oc5cc(-c6cc7ccccc7c7ccccc67)ccc5c4c3)c3ccccc23)cc1. The van der Waals surface area contributed by atoms with Crippen molar-refractivity contribution in [3.05, 3.63) is 170 Å². The normalized spacial score (nSPS) is 11.8. The van der Waals surface area contributed by atoms with Gasteiger partial charge in [0.25, 0.3) is 0 Å². The molecule has 0 unspecified atom stereocenters. The van der Waals surface area contributed by atoms with Crippen molar-refractivity contribution in [1.82, 2.24) is 0 Å². The topological polar surface area (TPSA) is 13.1 Å². The zero-order valence-electron chi connectivity index (χ0n) is 25.6. The maximum atomic E-state index is 6.56. The summed E-state index contributed by atoms with van der Waals surface area (Å²) in [6.07, 6.45) is 0. The molecule has 1 heterocycles. The van der Waals surface area contributed by atoms with Crippen molar-refractivity contribution in [2.24, 2.45) is 0 Å². The van der Waals surface area contributed by atoms with Crippen molar-refractivity contribution in [2.45, 2.75) is 0 Å². The van der Waals surface area contributed by atoms with E-state index < -0.39 is 0 Å². The molecule has 0 aliphatic rings. The van der Waals surface area contributed by atoms with Crippen LogP contribution in [0.4, 0.5) is 0 Å². The first-order valence-corrected chi connectivity index (χ1v) is 16.2. The van der Waals surface area contributed by atoms with Crippen LogP contribution in [0.15, 0.2) is 174 Å². The van der Waals surface area contributed by atoms with E-state index in [1.54, 1.807) is 0 Å². The second kappa shape index (κ2) is 10.2. The fourth-order valence-corrected chi connectivity index (χ4v) is 7.75. The Morgan fingerprint density at radius 2 is 0.830 bits per heavy atom. The summed E-state index contributed by atoms with van der Waals surface area (Å²) in [5.74, 6) is 0. The molecule has 10 rings (SSSR count). The first-order valence-electron chi connectivity index (χ1n) is 16.2. The van der Waals surface area contributed by atoms with Crippen molar-refractivity contribution >= 4 is 65.0 Å². The van der Waals surface area contributed by atoms with E-state index in [0.29, 0.717) is 0 Å². The molecule has 0 radical (unpaired) electrons. The van der Waals surface area contributed by atoms with Gasteiger partial charge in [-0.05, 0) is 107 Å². The number of benzene rings is 9. The summed E-state index contributed by atoms with van der Waals surface area (Å²) in [5.41, 5.74) is 9.15. The second-order valence-electron chi connectivity index (χ2n) is 12.4. The minimum absolute atomic E-state index is 0.902. The number of furan rings is 1. The van der Waals surface area contributed by atoms with E-state index in [1.807, 2.05) is 0 Å². The van der Waals surface area contributed by atoms with Gasteiger partial charge in [0.1, 0.15) is 11.2 Å². The summed E-state index contributed by atoms with van der Waals surface area (Å²) in [4.78, 5) is 0. The van der Waals surface area contributed by atoms with Crippen LogP contribution in [0.5, 0.6) is 0 Å². The summed E-state index contributed by atoms with van der Waals surface area (Å²) < 4.78 is 6.56. The van der Waals surface area contributed by atoms with Gasteiger partial charge in [-0.25, -0.2) is 0 Å². The van der Waals surface area contributed by atoms with E-state index in [0.717, 1.165) is 27.5 Å². The molecule has 47 heavy (non-hydrogen) atoms. The fourth-order valence-electron chi connectivity index (χ4n) is 7.75. The van der Waals surface area contributed by atoms with Crippen LogP contribution in [0.3, 0.4) is 0 Å². The molecular formula is C46H28O. The van der Waals surface area contributed by atoms with Gasteiger partial charge in [-0.15, -0.1) is 0 Å². The molecule has 0 spiro atoms. The summed E-state index contributed by atoms with van der Waals surface area (Å²) in [7, 11) is 0. The zero-order valence-corrected chi connectivity index (χ0v) is 25.6. The van der Waals surface area contributed by atoms with E-state index in [1.165, 1.54) is 70.9 Å². The van der Waals surface area contributed by atoms with Crippen molar-refractivity contribution in [3.8, 4) is 33.4 Å². The predicted molar refractivity (Wildman–Crippen MR) is 200 cm³/mol. The Kier molecular flexibility index (Phi) is 5.64. The standard InChI is InChI=1S/C46H28O/c1-2-12-29(13-3-1)45-37-18-8-10-20-39(37)46(40-21-11-9-19-38(40)45)32-23-25-43-42(27-32)36-24-22-31(28-44(36)47-43)41-26-30-14-4-5-15-33(30)34-16-6-7-17-35(34)41/h1-28H. The van der Waals surface area contributed by atoms with Gasteiger partial charge in [-0.2, -0.15) is 0 Å². The molecule has 9 aromatic carbocycles. The molecule has 0 saturated carbocycles. The van der Waals surface area contributed by atoms with E-state index in [4.69, 9.17) is 4.42 Å². The van der Waals surface area contributed by atoms with E-state index >= 15 is 0 Å². The third-order valence-electron chi connectivity index (χ3n) is 9.83. The molecule has 10 aromatic rings. The maximum absolute atomic E-state index is 6.56. The second-order valence-corrected chi connectivity index (χ2v) is 12.4. The monoisotopic (exact) mass is 596 g/mol. The zero-order chi connectivity index (χ0) is 30.9. The van der Waals surface area contributed by atoms with Crippen molar-refractivity contribution in [2.75, 3.05) is 0 Å². The minimum Gasteiger partial charge on any atom is -0.456 e. The molecule has 218 valence electrons. The molecule has 0 aliphatic heterocycles. The molecule has 1 heteroatoms. The Labute approximate surface area is 271 Å². The highest BCUT2D eigenvalue weighted by Crippen LogP contribution is 2.45. The van der Waals surface area contributed by atoms with Crippen LogP contribution in [-0.4, -0.2) is 0 Å². The molecule has 1 aromatic heterocycles. The number of hydrogen-bond acceptors (Lipinski definition) is 1. The molecular weight excluding hydrogens is 569 g/mol. The summed E-state index contributed by atoms with van der Waals surface area (Å²) in [6, 6.07) is 61.5. The largest absolute Gasteiger partial charge is 0.456 e. The molecule has 0 bridgehead atoms. The van der Waals surface area contributed by atoms with Gasteiger partial charge >= 0.3 is 0 Å². The Morgan fingerprint density at radius 1 is 0.277 bits per heavy atom. The lowest BCUT2D eigenvalue weighted by molar-refractivity contribution is 0.669. The van der Waals surface area contributed by atoms with Gasteiger partial charge in [0.2, 0.25) is 0 Å². The van der Waals surface area contributed by atoms with Crippen molar-refractivity contribution in [1.29, 1.82) is 0 Å². The molecule has 0 amide bonds. The van der Waals surface area contributed by atoms with Crippen molar-refractivity contribution in [3.63, 3.8) is 0 Å². The Bertz CT molecular complexity index is 2780. The molecule has 0 N–H and O–H groups in total. The minimum atomic E-state index is 0.902. The van der Waals surface area contributed by atoms with Gasteiger partial charge in [-0.1, -0.05) is 140 Å². The maximum Gasteiger partial charge on any atom is 0.136 e. The van der Waals surface area contributed by atoms with E-state index in [9.17, 15) is 0 Å². The lowest BCUT2D eigenvalue weighted by Crippen LogP contribution is -1.90. The quantitative estimate of drug-likeness (QED) is 0.146. The molecule has 0 saturated heterocycles. The third kappa shape index (κ3) is 3.97. The van der Waals surface area contributed by atoms with Crippen LogP contribution in [0.2, 0.25) is 0 Å². The molecule has 0 atom stereocenters. The van der Waals surface area contributed by atoms with Crippen molar-refractivity contribution < 1.29 is 4.42 Å². The highest BCUT2D eigenvalue weighted by Gasteiger charge is 2.18. The van der Waals surface area contributed by atoms with Gasteiger partial charge < -0.3 is 4.42 Å². The van der Waals surface area contributed by atoms with Gasteiger partial charge in [0.05, 0.1) is 0 Å². The summed E-state index contributed by atoms with van der Waals surface area (Å²) >= 11 is 0. The molecule has 0 aliphatic carbocycles. The summed E-state index contributed by atoms with van der Waals surface area (Å²) in [5, 5.41) is 12.3. The van der Waals surface area contributed by atoms with E-state index in [-0.39, 0.29) is 0 Å². The Balaban J connectivity index is 1.19. The average molecular weight is 597 g/mol. The van der Waals surface area contributed by atoms with Gasteiger partial charge in [0, 0.05) is 10.8 Å². The highest BCUT2D eigenvalue weighted by molar-refractivity contribution is 6.22. The fraction of sp³-hybridized carbons (Fsp3) is 0. The number of fused-ring (bicyclic) bond motifs is 8. The average Bonchev–Trinajstić information content (AvgIpc) is 3.51. The van der Waals surface area contributed by atoms with Crippen LogP contribution in [0.1, 0.15) is 0 Å². The lowest BCUT2D eigenvalue weighted by atomic mass is 9.86. The number of hydrogen-bond donors (Lipinski definition) is 0. The van der Waals surface area contributed by atoms with Crippen LogP contribution in [0, 0.1) is 0 Å². The Hall–Kier alpha value is -6.18. The number of rotatable bonds is 3. The molecule has 0 fully saturated rings. The smallest absolute Gasteiger partial charge is 0.136 e. The van der Waals surface area contributed by atoms with Crippen LogP contribution >= 0.6 is 0 Å². The first-order chi connectivity index (χ1) is 23.3. The first kappa shape index (κ1) is 26.1. The third-order valence-corrected chi connectivity index (χ3v) is 9.83. The van der Waals surface area contributed by atoms with Gasteiger partial charge in [-0.3, -0.25) is 0 Å². The van der Waals surface area contributed by atoms with E-state index in [2.05, 4.69) is 170 Å². The molecule has 1 nitrogen and oxygen atoms in total. The lowest BCUT2D eigenvalue weighted by Gasteiger charge is -2.17. The van der Waals surface area contributed by atoms with Crippen LogP contribution in [0.25, 0.3) is 98.4 Å². The highest BCUT2D eigenvalue weighted by atomic mass is 16.3. The predicted octanol–water partition coefficient (Wildman–Crippen LogP) is 13.2. The summed E-state index contributed by atoms with van der Waals surface area (Å²) in [6.45, 7) is 0.